The smallest absolute Gasteiger partial charge is 0.321 e. The maximum absolute atomic E-state index is 13.8. The molecular formula is C23H24FN5O2S. The summed E-state index contributed by atoms with van der Waals surface area (Å²) in [4.78, 5) is 26.3. The molecule has 1 N–H and O–H groups in total. The Bertz CT molecular complexity index is 1110. The third-order valence-electron chi connectivity index (χ3n) is 5.30. The maximum atomic E-state index is 13.8. The van der Waals surface area contributed by atoms with E-state index in [1.54, 1.807) is 29.8 Å². The van der Waals surface area contributed by atoms with E-state index in [2.05, 4.69) is 20.2 Å². The van der Waals surface area contributed by atoms with Crippen LogP contribution in [0, 0.1) is 5.82 Å². The first kappa shape index (κ1) is 21.9. The van der Waals surface area contributed by atoms with Crippen molar-refractivity contribution in [3.05, 3.63) is 60.7 Å². The summed E-state index contributed by atoms with van der Waals surface area (Å²) in [6.07, 6.45) is 3.47. The molecule has 1 aliphatic heterocycles. The molecule has 1 fully saturated rings. The topological polar surface area (TPSA) is 70.6 Å². The molecule has 1 saturated heterocycles. The van der Waals surface area contributed by atoms with E-state index >= 15 is 0 Å². The lowest BCUT2D eigenvalue weighted by Gasteiger charge is -2.35. The van der Waals surface area contributed by atoms with Gasteiger partial charge in [-0.3, -0.25) is 0 Å². The van der Waals surface area contributed by atoms with Gasteiger partial charge >= 0.3 is 6.03 Å². The second-order valence-electron chi connectivity index (χ2n) is 7.24. The van der Waals surface area contributed by atoms with Gasteiger partial charge in [0.15, 0.2) is 0 Å². The van der Waals surface area contributed by atoms with Gasteiger partial charge in [-0.25, -0.2) is 19.2 Å². The maximum Gasteiger partial charge on any atom is 0.321 e. The molecule has 0 spiro atoms. The number of amides is 2. The molecule has 0 radical (unpaired) electrons. The summed E-state index contributed by atoms with van der Waals surface area (Å²) in [5, 5.41) is 2.97. The Balaban J connectivity index is 1.42. The molecular weight excluding hydrogens is 429 g/mol. The first-order valence-corrected chi connectivity index (χ1v) is 11.4. The Morgan fingerprint density at radius 2 is 1.91 bits per heavy atom. The Kier molecular flexibility index (Phi) is 6.75. The van der Waals surface area contributed by atoms with E-state index in [9.17, 15) is 9.18 Å². The zero-order chi connectivity index (χ0) is 22.5. The average Bonchev–Trinajstić information content (AvgIpc) is 2.84. The number of thioether (sulfide) groups is 1. The van der Waals surface area contributed by atoms with Gasteiger partial charge in [0.1, 0.15) is 23.7 Å². The number of nitrogens with zero attached hydrogens (tertiary/aromatic N) is 4. The third kappa shape index (κ3) is 4.94. The molecule has 2 aromatic carbocycles. The van der Waals surface area contributed by atoms with E-state index in [1.807, 2.05) is 36.6 Å². The normalized spacial score (nSPS) is 13.7. The van der Waals surface area contributed by atoms with E-state index in [0.29, 0.717) is 43.2 Å². The molecule has 2 amide bonds. The Hall–Kier alpha value is -3.33. The van der Waals surface area contributed by atoms with Gasteiger partial charge in [-0.2, -0.15) is 0 Å². The number of benzene rings is 2. The summed E-state index contributed by atoms with van der Waals surface area (Å²) in [6.45, 7) is 2.40. The van der Waals surface area contributed by atoms with Crippen molar-refractivity contribution in [1.29, 1.82) is 0 Å². The van der Waals surface area contributed by atoms with Crippen LogP contribution in [0.15, 0.2) is 59.8 Å². The van der Waals surface area contributed by atoms with Gasteiger partial charge in [-0.1, -0.05) is 6.07 Å². The SMILES string of the molecule is COc1ccc(F)cc1-c1cc(N2CCN(C(=O)Nc3cccc(SC)c3)CC2)ncn1. The number of ether oxygens (including phenoxy) is 1. The van der Waals surface area contributed by atoms with Crippen molar-refractivity contribution in [3.8, 4) is 17.0 Å². The number of halogens is 1. The largest absolute Gasteiger partial charge is 0.496 e. The molecule has 3 aromatic rings. The Morgan fingerprint density at radius 1 is 1.09 bits per heavy atom. The molecule has 32 heavy (non-hydrogen) atoms. The molecule has 0 aliphatic carbocycles. The van der Waals surface area contributed by atoms with Crippen molar-refractivity contribution in [1.82, 2.24) is 14.9 Å². The minimum absolute atomic E-state index is 0.115. The number of urea groups is 1. The highest BCUT2D eigenvalue weighted by Gasteiger charge is 2.23. The zero-order valence-electron chi connectivity index (χ0n) is 17.9. The fourth-order valence-electron chi connectivity index (χ4n) is 3.59. The quantitative estimate of drug-likeness (QED) is 0.579. The molecule has 1 aliphatic rings. The molecule has 0 unspecified atom stereocenters. The van der Waals surface area contributed by atoms with Crippen molar-refractivity contribution in [3.63, 3.8) is 0 Å². The van der Waals surface area contributed by atoms with Gasteiger partial charge in [-0.15, -0.1) is 11.8 Å². The highest BCUT2D eigenvalue weighted by atomic mass is 32.2. The van der Waals surface area contributed by atoms with Crippen LogP contribution in [0.4, 0.5) is 20.7 Å². The summed E-state index contributed by atoms with van der Waals surface area (Å²) in [5.74, 6) is 0.917. The van der Waals surface area contributed by atoms with Gasteiger partial charge in [0.25, 0.3) is 0 Å². The lowest BCUT2D eigenvalue weighted by atomic mass is 10.1. The van der Waals surface area contributed by atoms with E-state index < -0.39 is 0 Å². The summed E-state index contributed by atoms with van der Waals surface area (Å²) in [7, 11) is 1.54. The lowest BCUT2D eigenvalue weighted by Crippen LogP contribution is -2.50. The van der Waals surface area contributed by atoms with Crippen LogP contribution in [0.25, 0.3) is 11.3 Å². The minimum Gasteiger partial charge on any atom is -0.496 e. The second-order valence-corrected chi connectivity index (χ2v) is 8.12. The number of anilines is 2. The van der Waals surface area contributed by atoms with Crippen molar-refractivity contribution in [2.45, 2.75) is 4.90 Å². The van der Waals surface area contributed by atoms with Crippen LogP contribution < -0.4 is 15.0 Å². The number of hydrogen-bond acceptors (Lipinski definition) is 6. The highest BCUT2D eigenvalue weighted by Crippen LogP contribution is 2.30. The van der Waals surface area contributed by atoms with Crippen molar-refractivity contribution < 1.29 is 13.9 Å². The van der Waals surface area contributed by atoms with Crippen molar-refractivity contribution in [2.75, 3.05) is 49.8 Å². The molecule has 166 valence electrons. The van der Waals surface area contributed by atoms with Crippen LogP contribution in [0.1, 0.15) is 0 Å². The zero-order valence-corrected chi connectivity index (χ0v) is 18.7. The monoisotopic (exact) mass is 453 g/mol. The number of rotatable bonds is 5. The van der Waals surface area contributed by atoms with E-state index in [1.165, 1.54) is 18.5 Å². The fraction of sp³-hybridized carbons (Fsp3) is 0.261. The molecule has 7 nitrogen and oxygen atoms in total. The summed E-state index contributed by atoms with van der Waals surface area (Å²) in [5.41, 5.74) is 1.94. The predicted molar refractivity (Wildman–Crippen MR) is 125 cm³/mol. The molecule has 2 heterocycles. The Labute approximate surface area is 190 Å². The number of nitrogens with one attached hydrogen (secondary N) is 1. The average molecular weight is 454 g/mol. The first-order chi connectivity index (χ1) is 15.6. The van der Waals surface area contributed by atoms with Crippen LogP contribution in [0.3, 0.4) is 0 Å². The third-order valence-corrected chi connectivity index (χ3v) is 6.03. The van der Waals surface area contributed by atoms with Gasteiger partial charge in [0, 0.05) is 48.4 Å². The minimum atomic E-state index is -0.358. The first-order valence-electron chi connectivity index (χ1n) is 10.2. The summed E-state index contributed by atoms with van der Waals surface area (Å²) < 4.78 is 19.1. The number of carbonyl (C=O) groups excluding carboxylic acids is 1. The van der Waals surface area contributed by atoms with Crippen LogP contribution in [-0.4, -0.2) is 60.4 Å². The number of hydrogen-bond donors (Lipinski definition) is 1. The van der Waals surface area contributed by atoms with Crippen molar-refractivity contribution in [2.24, 2.45) is 0 Å². The molecule has 9 heteroatoms. The van der Waals surface area contributed by atoms with Crippen LogP contribution in [-0.2, 0) is 0 Å². The van der Waals surface area contributed by atoms with Gasteiger partial charge in [0.2, 0.25) is 0 Å². The fourth-order valence-corrected chi connectivity index (χ4v) is 4.05. The van der Waals surface area contributed by atoms with E-state index in [4.69, 9.17) is 4.74 Å². The number of piperazine rings is 1. The molecule has 0 atom stereocenters. The molecule has 0 saturated carbocycles. The van der Waals surface area contributed by atoms with Crippen LogP contribution in [0.5, 0.6) is 5.75 Å². The lowest BCUT2D eigenvalue weighted by molar-refractivity contribution is 0.208. The van der Waals surface area contributed by atoms with Gasteiger partial charge < -0.3 is 19.9 Å². The van der Waals surface area contributed by atoms with Gasteiger partial charge in [-0.05, 0) is 42.7 Å². The predicted octanol–water partition coefficient (Wildman–Crippen LogP) is 4.37. The number of methoxy groups -OCH3 is 1. The van der Waals surface area contributed by atoms with Gasteiger partial charge in [0.05, 0.1) is 12.8 Å². The standard InChI is InChI=1S/C23H24FN5O2S/c1-31-21-7-6-16(24)12-19(21)20-14-22(26-15-25-20)28-8-10-29(11-9-28)23(30)27-17-4-3-5-18(13-17)32-2/h3-7,12-15H,8-11H2,1-2H3,(H,27,30). The highest BCUT2D eigenvalue weighted by molar-refractivity contribution is 7.98. The number of carbonyl (C=O) groups is 1. The van der Waals surface area contributed by atoms with Crippen LogP contribution >= 0.6 is 11.8 Å². The summed E-state index contributed by atoms with van der Waals surface area (Å²) in [6, 6.07) is 13.8. The number of aromatic nitrogens is 2. The van der Waals surface area contributed by atoms with Crippen molar-refractivity contribution >= 4 is 29.3 Å². The molecule has 4 rings (SSSR count). The molecule has 1 aromatic heterocycles. The summed E-state index contributed by atoms with van der Waals surface area (Å²) >= 11 is 1.63. The van der Waals surface area contributed by atoms with E-state index in [-0.39, 0.29) is 11.8 Å². The second kappa shape index (κ2) is 9.86. The van der Waals surface area contributed by atoms with E-state index in [0.717, 1.165) is 16.4 Å². The molecule has 0 bridgehead atoms. The Morgan fingerprint density at radius 3 is 2.66 bits per heavy atom. The van der Waals surface area contributed by atoms with Crippen LogP contribution in [0.2, 0.25) is 0 Å².